The van der Waals surface area contributed by atoms with Crippen LogP contribution in [0.2, 0.25) is 0 Å². The van der Waals surface area contributed by atoms with Gasteiger partial charge < -0.3 is 11.1 Å². The van der Waals surface area contributed by atoms with Gasteiger partial charge in [0.1, 0.15) is 6.04 Å². The third-order valence-corrected chi connectivity index (χ3v) is 2.64. The molecule has 1 aromatic carbocycles. The summed E-state index contributed by atoms with van der Waals surface area (Å²) < 4.78 is 25.7. The monoisotopic (exact) mass is 270 g/mol. The number of hydrogen-bond donors (Lipinski definition) is 2. The second kappa shape index (κ2) is 6.26. The first-order valence-corrected chi connectivity index (χ1v) is 5.84. The van der Waals surface area contributed by atoms with Crippen LogP contribution in [0.15, 0.2) is 18.2 Å². The molecule has 2 amide bonds. The Kier molecular flexibility index (Phi) is 4.97. The van der Waals surface area contributed by atoms with Crippen LogP contribution in [0.5, 0.6) is 0 Å². The maximum atomic E-state index is 13.0. The first kappa shape index (κ1) is 15.1. The molecule has 0 fully saturated rings. The van der Waals surface area contributed by atoms with Crippen molar-refractivity contribution >= 4 is 11.8 Å². The number of carbonyl (C=O) groups is 2. The van der Waals surface area contributed by atoms with Crippen LogP contribution in [-0.2, 0) is 16.0 Å². The minimum Gasteiger partial charge on any atom is -0.368 e. The van der Waals surface area contributed by atoms with Crippen LogP contribution in [0.25, 0.3) is 0 Å². The molecule has 0 spiro atoms. The van der Waals surface area contributed by atoms with Crippen molar-refractivity contribution in [2.24, 2.45) is 11.7 Å². The van der Waals surface area contributed by atoms with Crippen LogP contribution in [0, 0.1) is 17.6 Å². The Morgan fingerprint density at radius 2 is 1.89 bits per heavy atom. The van der Waals surface area contributed by atoms with Crippen molar-refractivity contribution in [3.05, 3.63) is 35.4 Å². The zero-order valence-corrected chi connectivity index (χ0v) is 10.7. The molecule has 0 unspecified atom stereocenters. The van der Waals surface area contributed by atoms with Crippen LogP contribution in [-0.4, -0.2) is 17.9 Å². The predicted octanol–water partition coefficient (Wildman–Crippen LogP) is 1.13. The minimum atomic E-state index is -1.01. The number of nitrogens with one attached hydrogen (secondary N) is 1. The summed E-state index contributed by atoms with van der Waals surface area (Å²) in [7, 11) is 0. The Labute approximate surface area is 110 Å². The fraction of sp³-hybridized carbons (Fsp3) is 0.385. The Balaban J connectivity index is 2.69. The molecule has 0 aliphatic heterocycles. The lowest BCUT2D eigenvalue weighted by atomic mass is 10.0. The smallest absolute Gasteiger partial charge is 0.240 e. The summed E-state index contributed by atoms with van der Waals surface area (Å²) in [5.41, 5.74) is 5.48. The molecular weight excluding hydrogens is 254 g/mol. The zero-order chi connectivity index (χ0) is 14.6. The molecule has 4 nitrogen and oxygen atoms in total. The lowest BCUT2D eigenvalue weighted by molar-refractivity contribution is -0.127. The fourth-order valence-electron chi connectivity index (χ4n) is 1.63. The third kappa shape index (κ3) is 4.31. The highest BCUT2D eigenvalue weighted by atomic mass is 19.2. The molecule has 19 heavy (non-hydrogen) atoms. The molecule has 1 atom stereocenters. The van der Waals surface area contributed by atoms with Crippen LogP contribution >= 0.6 is 0 Å². The Bertz CT molecular complexity index is 490. The van der Waals surface area contributed by atoms with Crippen molar-refractivity contribution in [3.63, 3.8) is 0 Å². The quantitative estimate of drug-likeness (QED) is 0.842. The van der Waals surface area contributed by atoms with Gasteiger partial charge in [-0.3, -0.25) is 9.59 Å². The topological polar surface area (TPSA) is 72.2 Å². The molecule has 0 aliphatic rings. The van der Waals surface area contributed by atoms with Crippen LogP contribution in [0.3, 0.4) is 0 Å². The lowest BCUT2D eigenvalue weighted by Crippen LogP contribution is -2.48. The lowest BCUT2D eigenvalue weighted by Gasteiger charge is -2.18. The number of hydrogen-bond acceptors (Lipinski definition) is 2. The Hall–Kier alpha value is -1.98. The van der Waals surface area contributed by atoms with Crippen LogP contribution in [0.4, 0.5) is 8.78 Å². The summed E-state index contributed by atoms with van der Waals surface area (Å²) in [4.78, 5) is 22.8. The predicted molar refractivity (Wildman–Crippen MR) is 66.0 cm³/mol. The minimum absolute atomic E-state index is 0.145. The number of amides is 2. The van der Waals surface area contributed by atoms with Crippen molar-refractivity contribution in [1.29, 1.82) is 0 Å². The van der Waals surface area contributed by atoms with Gasteiger partial charge in [0.2, 0.25) is 11.8 Å². The van der Waals surface area contributed by atoms with E-state index in [-0.39, 0.29) is 12.3 Å². The van der Waals surface area contributed by atoms with Gasteiger partial charge in [-0.25, -0.2) is 8.78 Å². The average molecular weight is 270 g/mol. The van der Waals surface area contributed by atoms with E-state index in [1.807, 2.05) is 0 Å². The van der Waals surface area contributed by atoms with Gasteiger partial charge in [-0.15, -0.1) is 0 Å². The maximum absolute atomic E-state index is 13.0. The molecule has 0 bridgehead atoms. The number of halogens is 2. The van der Waals surface area contributed by atoms with Gasteiger partial charge in [0, 0.05) is 0 Å². The van der Waals surface area contributed by atoms with Gasteiger partial charge >= 0.3 is 0 Å². The highest BCUT2D eigenvalue weighted by Crippen LogP contribution is 2.09. The van der Waals surface area contributed by atoms with E-state index in [2.05, 4.69) is 5.32 Å². The highest BCUT2D eigenvalue weighted by Gasteiger charge is 2.21. The first-order chi connectivity index (χ1) is 8.81. The molecule has 1 rings (SSSR count). The van der Waals surface area contributed by atoms with E-state index in [4.69, 9.17) is 5.73 Å². The van der Waals surface area contributed by atoms with Crippen molar-refractivity contribution in [3.8, 4) is 0 Å². The maximum Gasteiger partial charge on any atom is 0.240 e. The SMILES string of the molecule is CC(C)[C@@H](NC(=O)Cc1ccc(F)c(F)c1)C(N)=O. The van der Waals surface area contributed by atoms with Crippen molar-refractivity contribution in [1.82, 2.24) is 5.32 Å². The van der Waals surface area contributed by atoms with Crippen molar-refractivity contribution in [2.45, 2.75) is 26.3 Å². The summed E-state index contributed by atoms with van der Waals surface area (Å²) in [6, 6.07) is 2.43. The van der Waals surface area contributed by atoms with Gasteiger partial charge in [0.05, 0.1) is 6.42 Å². The standard InChI is InChI=1S/C13H16F2N2O2/c1-7(2)12(13(16)19)17-11(18)6-8-3-4-9(14)10(15)5-8/h3-5,7,12H,6H2,1-2H3,(H2,16,19)(H,17,18)/t12-/m1/s1. The Morgan fingerprint density at radius 1 is 1.26 bits per heavy atom. The number of rotatable bonds is 5. The molecule has 104 valence electrons. The van der Waals surface area contributed by atoms with Gasteiger partial charge in [-0.1, -0.05) is 19.9 Å². The number of primary amides is 1. The van der Waals surface area contributed by atoms with E-state index < -0.39 is 29.5 Å². The first-order valence-electron chi connectivity index (χ1n) is 5.84. The molecule has 0 saturated carbocycles. The van der Waals surface area contributed by atoms with Gasteiger partial charge in [0.25, 0.3) is 0 Å². The number of carbonyl (C=O) groups excluding carboxylic acids is 2. The number of benzene rings is 1. The molecule has 1 aromatic rings. The van der Waals surface area contributed by atoms with E-state index in [0.29, 0.717) is 5.56 Å². The van der Waals surface area contributed by atoms with Crippen molar-refractivity contribution in [2.75, 3.05) is 0 Å². The molecule has 6 heteroatoms. The van der Waals surface area contributed by atoms with E-state index in [1.54, 1.807) is 13.8 Å². The molecule has 0 saturated heterocycles. The molecule has 3 N–H and O–H groups in total. The molecular formula is C13H16F2N2O2. The largest absolute Gasteiger partial charge is 0.368 e. The van der Waals surface area contributed by atoms with Gasteiger partial charge in [-0.2, -0.15) is 0 Å². The normalized spacial score (nSPS) is 12.3. The number of nitrogens with two attached hydrogens (primary N) is 1. The third-order valence-electron chi connectivity index (χ3n) is 2.64. The highest BCUT2D eigenvalue weighted by molar-refractivity contribution is 5.87. The van der Waals surface area contributed by atoms with Crippen LogP contribution < -0.4 is 11.1 Å². The fourth-order valence-corrected chi connectivity index (χ4v) is 1.63. The Morgan fingerprint density at radius 3 is 2.37 bits per heavy atom. The average Bonchev–Trinajstić information content (AvgIpc) is 2.30. The molecule has 0 aromatic heterocycles. The second-order valence-corrected chi connectivity index (χ2v) is 4.62. The van der Waals surface area contributed by atoms with Gasteiger partial charge in [-0.05, 0) is 23.6 Å². The summed E-state index contributed by atoms with van der Waals surface area (Å²) in [5, 5.41) is 2.47. The molecule has 0 radical (unpaired) electrons. The zero-order valence-electron chi connectivity index (χ0n) is 10.7. The van der Waals surface area contributed by atoms with E-state index >= 15 is 0 Å². The van der Waals surface area contributed by atoms with E-state index in [0.717, 1.165) is 12.1 Å². The summed E-state index contributed by atoms with van der Waals surface area (Å²) >= 11 is 0. The summed E-state index contributed by atoms with van der Waals surface area (Å²) in [6.45, 7) is 3.49. The molecule has 0 aliphatic carbocycles. The van der Waals surface area contributed by atoms with Crippen molar-refractivity contribution < 1.29 is 18.4 Å². The van der Waals surface area contributed by atoms with Crippen LogP contribution in [0.1, 0.15) is 19.4 Å². The van der Waals surface area contributed by atoms with Gasteiger partial charge in [0.15, 0.2) is 11.6 Å². The van der Waals surface area contributed by atoms with E-state index in [1.165, 1.54) is 6.07 Å². The summed E-state index contributed by atoms with van der Waals surface area (Å²) in [5.74, 6) is -3.23. The van der Waals surface area contributed by atoms with E-state index in [9.17, 15) is 18.4 Å². The molecule has 0 heterocycles. The summed E-state index contributed by atoms with van der Waals surface area (Å²) in [6.07, 6.45) is -0.145. The second-order valence-electron chi connectivity index (χ2n) is 4.62.